The van der Waals surface area contributed by atoms with E-state index in [1.165, 1.54) is 19.3 Å². The van der Waals surface area contributed by atoms with E-state index >= 15 is 0 Å². The molecular formula is C12H20N4O. The SMILES string of the molecule is C1CNCC(c2noc(CC3CCNC3)n2)C1. The minimum atomic E-state index is 0.447. The van der Waals surface area contributed by atoms with Crippen molar-refractivity contribution in [3.05, 3.63) is 11.7 Å². The normalized spacial score (nSPS) is 29.6. The van der Waals surface area contributed by atoms with Crippen LogP contribution in [0.1, 0.15) is 36.9 Å². The lowest BCUT2D eigenvalue weighted by Gasteiger charge is -2.19. The smallest absolute Gasteiger partial charge is 0.226 e. The molecular weight excluding hydrogens is 216 g/mol. The van der Waals surface area contributed by atoms with Gasteiger partial charge in [0.1, 0.15) is 0 Å². The highest BCUT2D eigenvalue weighted by atomic mass is 16.5. The second kappa shape index (κ2) is 5.14. The molecule has 2 aliphatic rings. The molecule has 1 aromatic rings. The predicted molar refractivity (Wildman–Crippen MR) is 63.8 cm³/mol. The van der Waals surface area contributed by atoms with Crippen LogP contribution < -0.4 is 10.6 Å². The third-order valence-electron chi connectivity index (χ3n) is 3.77. The van der Waals surface area contributed by atoms with Gasteiger partial charge in [0, 0.05) is 18.9 Å². The molecule has 0 radical (unpaired) electrons. The van der Waals surface area contributed by atoms with Crippen LogP contribution in [0.3, 0.4) is 0 Å². The van der Waals surface area contributed by atoms with Crippen LogP contribution in [0.25, 0.3) is 0 Å². The molecule has 2 saturated heterocycles. The van der Waals surface area contributed by atoms with E-state index in [4.69, 9.17) is 4.52 Å². The van der Waals surface area contributed by atoms with E-state index in [0.717, 1.165) is 44.3 Å². The van der Waals surface area contributed by atoms with Crippen molar-refractivity contribution < 1.29 is 4.52 Å². The fourth-order valence-electron chi connectivity index (χ4n) is 2.72. The highest BCUT2D eigenvalue weighted by Gasteiger charge is 2.22. The van der Waals surface area contributed by atoms with Gasteiger partial charge in [-0.1, -0.05) is 5.16 Å². The summed E-state index contributed by atoms with van der Waals surface area (Å²) in [4.78, 5) is 4.55. The summed E-state index contributed by atoms with van der Waals surface area (Å²) >= 11 is 0. The van der Waals surface area contributed by atoms with Gasteiger partial charge in [0.15, 0.2) is 5.82 Å². The fourth-order valence-corrected chi connectivity index (χ4v) is 2.72. The molecule has 17 heavy (non-hydrogen) atoms. The molecule has 2 unspecified atom stereocenters. The fraction of sp³-hybridized carbons (Fsp3) is 0.833. The van der Waals surface area contributed by atoms with Gasteiger partial charge in [-0.2, -0.15) is 4.98 Å². The summed E-state index contributed by atoms with van der Waals surface area (Å²) in [5, 5.41) is 10.9. The van der Waals surface area contributed by atoms with Crippen LogP contribution >= 0.6 is 0 Å². The number of rotatable bonds is 3. The van der Waals surface area contributed by atoms with E-state index in [0.29, 0.717) is 11.8 Å². The summed E-state index contributed by atoms with van der Waals surface area (Å²) in [5.41, 5.74) is 0. The van der Waals surface area contributed by atoms with Crippen molar-refractivity contribution >= 4 is 0 Å². The molecule has 2 N–H and O–H groups in total. The molecule has 2 atom stereocenters. The molecule has 5 heteroatoms. The molecule has 1 aromatic heterocycles. The van der Waals surface area contributed by atoms with Crippen molar-refractivity contribution in [2.24, 2.45) is 5.92 Å². The lowest BCUT2D eigenvalue weighted by atomic mass is 9.99. The highest BCUT2D eigenvalue weighted by molar-refractivity contribution is 4.99. The molecule has 3 rings (SSSR count). The first-order chi connectivity index (χ1) is 8.42. The number of nitrogens with zero attached hydrogens (tertiary/aromatic N) is 2. The molecule has 2 fully saturated rings. The summed E-state index contributed by atoms with van der Waals surface area (Å²) in [6.07, 6.45) is 4.54. The first-order valence-electron chi connectivity index (χ1n) is 6.66. The average molecular weight is 236 g/mol. The monoisotopic (exact) mass is 236 g/mol. The van der Waals surface area contributed by atoms with Gasteiger partial charge in [-0.05, 0) is 44.8 Å². The van der Waals surface area contributed by atoms with Gasteiger partial charge in [0.2, 0.25) is 5.89 Å². The first kappa shape index (κ1) is 11.2. The van der Waals surface area contributed by atoms with E-state index in [1.54, 1.807) is 0 Å². The van der Waals surface area contributed by atoms with Crippen molar-refractivity contribution in [1.82, 2.24) is 20.8 Å². The van der Waals surface area contributed by atoms with Gasteiger partial charge < -0.3 is 15.2 Å². The molecule has 0 spiro atoms. The van der Waals surface area contributed by atoms with Gasteiger partial charge >= 0.3 is 0 Å². The van der Waals surface area contributed by atoms with E-state index < -0.39 is 0 Å². The molecule has 94 valence electrons. The third kappa shape index (κ3) is 2.66. The van der Waals surface area contributed by atoms with Crippen LogP contribution in [-0.4, -0.2) is 36.3 Å². The lowest BCUT2D eigenvalue weighted by molar-refractivity contribution is 0.346. The van der Waals surface area contributed by atoms with Crippen LogP contribution in [0, 0.1) is 5.92 Å². The van der Waals surface area contributed by atoms with Gasteiger partial charge in [-0.3, -0.25) is 0 Å². The van der Waals surface area contributed by atoms with Crippen LogP contribution in [0.15, 0.2) is 4.52 Å². The predicted octanol–water partition coefficient (Wildman–Crippen LogP) is 0.689. The Hall–Kier alpha value is -0.940. The largest absolute Gasteiger partial charge is 0.339 e. The topological polar surface area (TPSA) is 63.0 Å². The minimum absolute atomic E-state index is 0.447. The summed E-state index contributed by atoms with van der Waals surface area (Å²) in [7, 11) is 0. The van der Waals surface area contributed by atoms with Crippen molar-refractivity contribution in [1.29, 1.82) is 0 Å². The quantitative estimate of drug-likeness (QED) is 0.808. The van der Waals surface area contributed by atoms with E-state index in [9.17, 15) is 0 Å². The molecule has 5 nitrogen and oxygen atoms in total. The Morgan fingerprint density at radius 3 is 2.88 bits per heavy atom. The highest BCUT2D eigenvalue weighted by Crippen LogP contribution is 2.21. The zero-order valence-electron chi connectivity index (χ0n) is 10.1. The van der Waals surface area contributed by atoms with E-state index in [2.05, 4.69) is 20.8 Å². The van der Waals surface area contributed by atoms with Gasteiger partial charge in [0.25, 0.3) is 0 Å². The maximum Gasteiger partial charge on any atom is 0.226 e. The number of piperidine rings is 1. The third-order valence-corrected chi connectivity index (χ3v) is 3.77. The maximum absolute atomic E-state index is 5.36. The Balaban J connectivity index is 1.60. The molecule has 0 aliphatic carbocycles. The van der Waals surface area contributed by atoms with Crippen molar-refractivity contribution in [3.8, 4) is 0 Å². The molecule has 0 bridgehead atoms. The van der Waals surface area contributed by atoms with Crippen molar-refractivity contribution in [3.63, 3.8) is 0 Å². The molecule has 2 aliphatic heterocycles. The Morgan fingerprint density at radius 2 is 2.12 bits per heavy atom. The number of hydrogen-bond donors (Lipinski definition) is 2. The maximum atomic E-state index is 5.36. The number of hydrogen-bond acceptors (Lipinski definition) is 5. The van der Waals surface area contributed by atoms with Gasteiger partial charge in [-0.25, -0.2) is 0 Å². The van der Waals surface area contributed by atoms with E-state index in [-0.39, 0.29) is 0 Å². The van der Waals surface area contributed by atoms with Crippen LogP contribution in [0.4, 0.5) is 0 Å². The Bertz CT molecular complexity index is 353. The molecule has 0 amide bonds. The Morgan fingerprint density at radius 1 is 1.18 bits per heavy atom. The number of aromatic nitrogens is 2. The zero-order valence-corrected chi connectivity index (χ0v) is 10.1. The standard InChI is InChI=1S/C12H20N4O/c1-2-10(8-13-4-1)12-15-11(17-16-12)6-9-3-5-14-7-9/h9-10,13-14H,1-8H2. The molecule has 0 aromatic carbocycles. The van der Waals surface area contributed by atoms with Crippen LogP contribution in [-0.2, 0) is 6.42 Å². The Labute approximate surface area is 101 Å². The van der Waals surface area contributed by atoms with Gasteiger partial charge in [-0.15, -0.1) is 0 Å². The second-order valence-corrected chi connectivity index (χ2v) is 5.15. The number of nitrogens with one attached hydrogen (secondary N) is 2. The summed E-state index contributed by atoms with van der Waals surface area (Å²) in [5.74, 6) is 2.84. The van der Waals surface area contributed by atoms with E-state index in [1.807, 2.05) is 0 Å². The Kier molecular flexibility index (Phi) is 3.38. The second-order valence-electron chi connectivity index (χ2n) is 5.15. The first-order valence-corrected chi connectivity index (χ1v) is 6.66. The molecule has 3 heterocycles. The van der Waals surface area contributed by atoms with Crippen LogP contribution in [0.5, 0.6) is 0 Å². The zero-order chi connectivity index (χ0) is 11.5. The minimum Gasteiger partial charge on any atom is -0.339 e. The summed E-state index contributed by atoms with van der Waals surface area (Å²) in [6, 6.07) is 0. The van der Waals surface area contributed by atoms with Crippen LogP contribution in [0.2, 0.25) is 0 Å². The average Bonchev–Trinajstić information content (AvgIpc) is 3.02. The van der Waals surface area contributed by atoms with Crippen molar-refractivity contribution in [2.45, 2.75) is 31.6 Å². The van der Waals surface area contributed by atoms with Crippen molar-refractivity contribution in [2.75, 3.05) is 26.2 Å². The summed E-state index contributed by atoms with van der Waals surface area (Å²) in [6.45, 7) is 4.32. The van der Waals surface area contributed by atoms with Gasteiger partial charge in [0.05, 0.1) is 0 Å². The lowest BCUT2D eigenvalue weighted by Crippen LogP contribution is -2.28. The summed E-state index contributed by atoms with van der Waals surface area (Å²) < 4.78 is 5.36. The molecule has 0 saturated carbocycles.